The van der Waals surface area contributed by atoms with Gasteiger partial charge in [0.05, 0.1) is 0 Å². The third-order valence-corrected chi connectivity index (χ3v) is 5.22. The zero-order chi connectivity index (χ0) is 14.0. The minimum absolute atomic E-state index is 0.207. The lowest BCUT2D eigenvalue weighted by molar-refractivity contribution is -0.139. The van der Waals surface area contributed by atoms with Gasteiger partial charge in [0.25, 0.3) is 0 Å². The first-order valence-electron chi connectivity index (χ1n) is 7.41. The minimum atomic E-state index is -0.207. The lowest BCUT2D eigenvalue weighted by Crippen LogP contribution is -2.26. The first-order chi connectivity index (χ1) is 8.93. The molecule has 19 heavy (non-hydrogen) atoms. The van der Waals surface area contributed by atoms with E-state index in [1.165, 1.54) is 38.2 Å². The van der Waals surface area contributed by atoms with Crippen LogP contribution in [-0.2, 0) is 9.53 Å². The van der Waals surface area contributed by atoms with E-state index in [1.54, 1.807) is 0 Å². The summed E-state index contributed by atoms with van der Waals surface area (Å²) < 4.78 is 5.00. The van der Waals surface area contributed by atoms with Gasteiger partial charge in [-0.15, -0.1) is 0 Å². The van der Waals surface area contributed by atoms with E-state index in [2.05, 4.69) is 19.6 Å². The maximum absolute atomic E-state index is 10.8. The summed E-state index contributed by atoms with van der Waals surface area (Å²) in [5.74, 6) is 1.44. The van der Waals surface area contributed by atoms with Crippen LogP contribution >= 0.6 is 0 Å². The summed E-state index contributed by atoms with van der Waals surface area (Å²) in [6.45, 7) is 10.7. The molecule has 0 aliphatic heterocycles. The van der Waals surface area contributed by atoms with Crippen LogP contribution in [0.2, 0.25) is 0 Å². The van der Waals surface area contributed by atoms with Crippen molar-refractivity contribution in [2.75, 3.05) is 6.61 Å². The average molecular weight is 262 g/mol. The number of rotatable bonds is 5. The molecule has 0 saturated heterocycles. The van der Waals surface area contributed by atoms with E-state index in [0.717, 1.165) is 23.8 Å². The van der Waals surface area contributed by atoms with Gasteiger partial charge in [0.2, 0.25) is 0 Å². The van der Waals surface area contributed by atoms with Crippen LogP contribution in [0.3, 0.4) is 0 Å². The molecule has 3 unspecified atom stereocenters. The lowest BCUT2D eigenvalue weighted by Gasteiger charge is -2.36. The molecule has 0 aromatic carbocycles. The summed E-state index contributed by atoms with van der Waals surface area (Å²) in [4.78, 5) is 10.8. The fourth-order valence-electron chi connectivity index (χ4n) is 3.86. The molecule has 2 aliphatic rings. The van der Waals surface area contributed by atoms with Crippen LogP contribution in [0.4, 0.5) is 0 Å². The second-order valence-corrected chi connectivity index (χ2v) is 6.52. The molecule has 106 valence electrons. The Morgan fingerprint density at radius 3 is 2.79 bits per heavy atom. The summed E-state index contributed by atoms with van der Waals surface area (Å²) in [6, 6.07) is 0. The minimum Gasteiger partial charge on any atom is -0.461 e. The van der Waals surface area contributed by atoms with Crippen molar-refractivity contribution >= 4 is 5.97 Å². The van der Waals surface area contributed by atoms with E-state index >= 15 is 0 Å². The van der Waals surface area contributed by atoms with Crippen molar-refractivity contribution in [2.24, 2.45) is 17.3 Å². The second-order valence-electron chi connectivity index (χ2n) is 6.52. The number of carbonyl (C=O) groups excluding carboxylic acids is 1. The molecule has 2 nitrogen and oxygen atoms in total. The van der Waals surface area contributed by atoms with Crippen molar-refractivity contribution in [3.8, 4) is 0 Å². The fraction of sp³-hybridized carbons (Fsp3) is 0.706. The topological polar surface area (TPSA) is 26.3 Å². The molecular formula is C17H26O2. The number of ether oxygens (including phenoxy) is 1. The second kappa shape index (κ2) is 5.52. The van der Waals surface area contributed by atoms with Crippen LogP contribution in [0.15, 0.2) is 23.8 Å². The number of hydrogen-bond acceptors (Lipinski definition) is 2. The molecule has 2 heteroatoms. The molecule has 0 radical (unpaired) electrons. The Kier molecular flexibility index (Phi) is 4.17. The van der Waals surface area contributed by atoms with Crippen LogP contribution in [0.1, 0.15) is 52.9 Å². The largest absolute Gasteiger partial charge is 0.461 e. The highest BCUT2D eigenvalue weighted by Crippen LogP contribution is 2.60. The van der Waals surface area contributed by atoms with Crippen LogP contribution < -0.4 is 0 Å². The normalized spacial score (nSPS) is 33.8. The van der Waals surface area contributed by atoms with E-state index in [4.69, 9.17) is 4.74 Å². The van der Waals surface area contributed by atoms with Gasteiger partial charge in [-0.25, -0.2) is 0 Å². The highest BCUT2D eigenvalue weighted by Gasteiger charge is 2.49. The molecule has 2 aliphatic carbocycles. The Labute approximate surface area is 116 Å². The van der Waals surface area contributed by atoms with Gasteiger partial charge in [-0.3, -0.25) is 4.79 Å². The van der Waals surface area contributed by atoms with Gasteiger partial charge in [0, 0.05) is 6.92 Å². The van der Waals surface area contributed by atoms with Crippen molar-refractivity contribution in [1.29, 1.82) is 0 Å². The standard InChI is InChI=1S/C17H26O2/c1-12(11-19-14(3)18)6-5-9-17(4)13(2)15-7-8-16(17)10-15/h6,15-16H,2,5,7-11H2,1,3-4H3. The van der Waals surface area contributed by atoms with E-state index in [9.17, 15) is 4.79 Å². The Balaban J connectivity index is 1.84. The van der Waals surface area contributed by atoms with Crippen molar-refractivity contribution in [3.63, 3.8) is 0 Å². The van der Waals surface area contributed by atoms with Crippen LogP contribution in [0.25, 0.3) is 0 Å². The van der Waals surface area contributed by atoms with E-state index in [0.29, 0.717) is 12.0 Å². The number of allylic oxidation sites excluding steroid dienone is 2. The zero-order valence-electron chi connectivity index (χ0n) is 12.5. The third-order valence-electron chi connectivity index (χ3n) is 5.22. The predicted molar refractivity (Wildman–Crippen MR) is 77.7 cm³/mol. The molecule has 0 aromatic rings. The molecule has 0 amide bonds. The molecule has 2 saturated carbocycles. The number of fused-ring (bicyclic) bond motifs is 2. The summed E-state index contributed by atoms with van der Waals surface area (Å²) >= 11 is 0. The Hall–Kier alpha value is -1.05. The number of hydrogen-bond donors (Lipinski definition) is 0. The van der Waals surface area contributed by atoms with Crippen molar-refractivity contribution in [1.82, 2.24) is 0 Å². The van der Waals surface area contributed by atoms with Gasteiger partial charge in [-0.05, 0) is 61.9 Å². The lowest BCUT2D eigenvalue weighted by atomic mass is 9.69. The smallest absolute Gasteiger partial charge is 0.302 e. The summed E-state index contributed by atoms with van der Waals surface area (Å²) in [5, 5.41) is 0. The van der Waals surface area contributed by atoms with Gasteiger partial charge in [0.1, 0.15) is 6.61 Å². The maximum Gasteiger partial charge on any atom is 0.302 e. The molecule has 0 aromatic heterocycles. The van der Waals surface area contributed by atoms with Crippen LogP contribution in [-0.4, -0.2) is 12.6 Å². The number of esters is 1. The molecule has 0 N–H and O–H groups in total. The quantitative estimate of drug-likeness (QED) is 0.546. The Morgan fingerprint density at radius 2 is 2.21 bits per heavy atom. The Bertz CT molecular complexity index is 407. The molecule has 2 bridgehead atoms. The molecule has 2 fully saturated rings. The van der Waals surface area contributed by atoms with Gasteiger partial charge >= 0.3 is 5.97 Å². The molecule has 0 spiro atoms. The third kappa shape index (κ3) is 2.93. The average Bonchev–Trinajstić information content (AvgIpc) is 2.91. The predicted octanol–water partition coefficient (Wildman–Crippen LogP) is 4.27. The van der Waals surface area contributed by atoms with Gasteiger partial charge in [0.15, 0.2) is 0 Å². The summed E-state index contributed by atoms with van der Waals surface area (Å²) in [6.07, 6.45) is 8.58. The maximum atomic E-state index is 10.8. The van der Waals surface area contributed by atoms with Gasteiger partial charge in [-0.2, -0.15) is 0 Å². The molecule has 2 rings (SSSR count). The Morgan fingerprint density at radius 1 is 1.47 bits per heavy atom. The first-order valence-corrected chi connectivity index (χ1v) is 7.41. The van der Waals surface area contributed by atoms with Gasteiger partial charge in [-0.1, -0.05) is 25.2 Å². The van der Waals surface area contributed by atoms with Crippen molar-refractivity contribution in [2.45, 2.75) is 52.9 Å². The first kappa shape index (κ1) is 14.4. The molecule has 0 heterocycles. The molecule has 3 atom stereocenters. The zero-order valence-corrected chi connectivity index (χ0v) is 12.5. The van der Waals surface area contributed by atoms with Crippen molar-refractivity contribution in [3.05, 3.63) is 23.8 Å². The SMILES string of the molecule is C=C1C2CCC(C2)C1(C)CCC=C(C)COC(C)=O. The number of carbonyl (C=O) groups is 1. The van der Waals surface area contributed by atoms with Crippen LogP contribution in [0.5, 0.6) is 0 Å². The highest BCUT2D eigenvalue weighted by molar-refractivity contribution is 5.66. The monoisotopic (exact) mass is 262 g/mol. The summed E-state index contributed by atoms with van der Waals surface area (Å²) in [5.41, 5.74) is 2.99. The van der Waals surface area contributed by atoms with Crippen LogP contribution in [0, 0.1) is 17.3 Å². The fourth-order valence-corrected chi connectivity index (χ4v) is 3.86. The molecular weight excluding hydrogens is 236 g/mol. The summed E-state index contributed by atoms with van der Waals surface area (Å²) in [7, 11) is 0. The van der Waals surface area contributed by atoms with E-state index < -0.39 is 0 Å². The van der Waals surface area contributed by atoms with Crippen molar-refractivity contribution < 1.29 is 9.53 Å². The van der Waals surface area contributed by atoms with E-state index in [1.807, 2.05) is 6.92 Å². The highest BCUT2D eigenvalue weighted by atomic mass is 16.5. The van der Waals surface area contributed by atoms with Gasteiger partial charge < -0.3 is 4.74 Å². The van der Waals surface area contributed by atoms with E-state index in [-0.39, 0.29) is 5.97 Å².